The third-order valence-corrected chi connectivity index (χ3v) is 1.40. The van der Waals surface area contributed by atoms with Crippen molar-refractivity contribution in [2.45, 2.75) is 20.3 Å². The Morgan fingerprint density at radius 3 is 2.83 bits per heavy atom. The second-order valence-electron chi connectivity index (χ2n) is 2.48. The zero-order valence-corrected chi connectivity index (χ0v) is 7.89. The van der Waals surface area contributed by atoms with Crippen LogP contribution < -0.4 is 10.6 Å². The van der Waals surface area contributed by atoms with Crippen LogP contribution in [0.1, 0.15) is 20.3 Å². The molecule has 3 nitrogen and oxygen atoms in total. The summed E-state index contributed by atoms with van der Waals surface area (Å²) >= 11 is 0. The van der Waals surface area contributed by atoms with Crippen LogP contribution in [-0.2, 0) is 4.79 Å². The van der Waals surface area contributed by atoms with E-state index in [1.54, 1.807) is 0 Å². The molecule has 0 fully saturated rings. The fraction of sp³-hybridized carbons (Fsp3) is 0.667. The molecule has 0 atom stereocenters. The largest absolute Gasteiger partial charge is 0.356 e. The van der Waals surface area contributed by atoms with Crippen molar-refractivity contribution in [3.05, 3.63) is 12.2 Å². The van der Waals surface area contributed by atoms with Gasteiger partial charge in [-0.1, -0.05) is 12.2 Å². The Morgan fingerprint density at radius 2 is 2.25 bits per heavy atom. The molecule has 0 aliphatic rings. The van der Waals surface area contributed by atoms with Crippen LogP contribution in [0.25, 0.3) is 0 Å². The summed E-state index contributed by atoms with van der Waals surface area (Å²) in [6.45, 7) is 6.20. The fourth-order valence-corrected chi connectivity index (χ4v) is 0.791. The standard InChI is InChI=1S/C9H18N2O/c1-3-5-7-10-8-6-9(12)11-4-2/h3,5,10H,4,6-8H2,1-2H3,(H,11,12)/b5-3+. The minimum Gasteiger partial charge on any atom is -0.356 e. The molecule has 0 saturated carbocycles. The average Bonchev–Trinajstić information content (AvgIpc) is 2.05. The van der Waals surface area contributed by atoms with Gasteiger partial charge in [-0.05, 0) is 13.8 Å². The van der Waals surface area contributed by atoms with Crippen LogP contribution in [-0.4, -0.2) is 25.5 Å². The molecule has 0 aromatic carbocycles. The van der Waals surface area contributed by atoms with E-state index < -0.39 is 0 Å². The number of allylic oxidation sites excluding steroid dienone is 1. The molecule has 70 valence electrons. The zero-order chi connectivity index (χ0) is 9.23. The molecular weight excluding hydrogens is 152 g/mol. The molecule has 0 heterocycles. The molecule has 1 amide bonds. The van der Waals surface area contributed by atoms with Crippen LogP contribution in [0.15, 0.2) is 12.2 Å². The Kier molecular flexibility index (Phi) is 7.70. The first-order valence-corrected chi connectivity index (χ1v) is 4.39. The summed E-state index contributed by atoms with van der Waals surface area (Å²) in [7, 11) is 0. The second-order valence-corrected chi connectivity index (χ2v) is 2.48. The van der Waals surface area contributed by atoms with E-state index in [-0.39, 0.29) is 5.91 Å². The van der Waals surface area contributed by atoms with Gasteiger partial charge in [0.2, 0.25) is 5.91 Å². The van der Waals surface area contributed by atoms with Crippen LogP contribution in [0.4, 0.5) is 0 Å². The predicted molar refractivity (Wildman–Crippen MR) is 51.0 cm³/mol. The Bertz CT molecular complexity index is 143. The topological polar surface area (TPSA) is 41.1 Å². The van der Waals surface area contributed by atoms with Gasteiger partial charge in [0.05, 0.1) is 0 Å². The van der Waals surface area contributed by atoms with E-state index in [2.05, 4.69) is 10.6 Å². The van der Waals surface area contributed by atoms with E-state index in [1.165, 1.54) is 0 Å². The van der Waals surface area contributed by atoms with Crippen molar-refractivity contribution in [2.24, 2.45) is 0 Å². The van der Waals surface area contributed by atoms with Gasteiger partial charge in [-0.25, -0.2) is 0 Å². The molecular formula is C9H18N2O. The number of hydrogen-bond donors (Lipinski definition) is 2. The molecule has 0 rings (SSSR count). The lowest BCUT2D eigenvalue weighted by Gasteiger charge is -2.01. The second kappa shape index (κ2) is 8.27. The van der Waals surface area contributed by atoms with E-state index in [4.69, 9.17) is 0 Å². The van der Waals surface area contributed by atoms with Gasteiger partial charge in [0.1, 0.15) is 0 Å². The Morgan fingerprint density at radius 1 is 1.50 bits per heavy atom. The highest BCUT2D eigenvalue weighted by molar-refractivity contribution is 5.75. The molecule has 12 heavy (non-hydrogen) atoms. The predicted octanol–water partition coefficient (Wildman–Crippen LogP) is 0.678. The van der Waals surface area contributed by atoms with Gasteiger partial charge in [-0.15, -0.1) is 0 Å². The Labute approximate surface area is 74.2 Å². The molecule has 0 bridgehead atoms. The quantitative estimate of drug-likeness (QED) is 0.454. The molecule has 0 unspecified atom stereocenters. The molecule has 0 aromatic rings. The molecule has 0 saturated heterocycles. The number of hydrogen-bond acceptors (Lipinski definition) is 2. The number of rotatable bonds is 6. The van der Waals surface area contributed by atoms with Crippen LogP contribution in [0.3, 0.4) is 0 Å². The SMILES string of the molecule is C/C=C/CNCCC(=O)NCC. The van der Waals surface area contributed by atoms with Crippen molar-refractivity contribution in [1.29, 1.82) is 0 Å². The van der Waals surface area contributed by atoms with E-state index in [9.17, 15) is 4.79 Å². The first-order valence-electron chi connectivity index (χ1n) is 4.39. The van der Waals surface area contributed by atoms with Crippen molar-refractivity contribution < 1.29 is 4.79 Å². The van der Waals surface area contributed by atoms with E-state index >= 15 is 0 Å². The van der Waals surface area contributed by atoms with Crippen molar-refractivity contribution in [3.8, 4) is 0 Å². The fourth-order valence-electron chi connectivity index (χ4n) is 0.791. The van der Waals surface area contributed by atoms with Crippen molar-refractivity contribution in [2.75, 3.05) is 19.6 Å². The molecule has 0 radical (unpaired) electrons. The molecule has 0 aliphatic heterocycles. The molecule has 0 aromatic heterocycles. The van der Waals surface area contributed by atoms with Crippen molar-refractivity contribution >= 4 is 5.91 Å². The zero-order valence-electron chi connectivity index (χ0n) is 7.89. The summed E-state index contributed by atoms with van der Waals surface area (Å²) < 4.78 is 0. The maximum absolute atomic E-state index is 10.9. The lowest BCUT2D eigenvalue weighted by Crippen LogP contribution is -2.27. The maximum Gasteiger partial charge on any atom is 0.221 e. The highest BCUT2D eigenvalue weighted by Crippen LogP contribution is 1.76. The summed E-state index contributed by atoms with van der Waals surface area (Å²) in [5, 5.41) is 5.87. The molecule has 3 heteroatoms. The van der Waals surface area contributed by atoms with Gasteiger partial charge < -0.3 is 10.6 Å². The maximum atomic E-state index is 10.9. The lowest BCUT2D eigenvalue weighted by molar-refractivity contribution is -0.120. The van der Waals surface area contributed by atoms with E-state index in [1.807, 2.05) is 26.0 Å². The van der Waals surface area contributed by atoms with E-state index in [0.29, 0.717) is 13.0 Å². The highest BCUT2D eigenvalue weighted by Gasteiger charge is 1.95. The molecule has 0 spiro atoms. The highest BCUT2D eigenvalue weighted by atomic mass is 16.1. The monoisotopic (exact) mass is 170 g/mol. The third kappa shape index (κ3) is 7.28. The smallest absolute Gasteiger partial charge is 0.221 e. The van der Waals surface area contributed by atoms with Gasteiger partial charge in [-0.2, -0.15) is 0 Å². The van der Waals surface area contributed by atoms with Gasteiger partial charge >= 0.3 is 0 Å². The normalized spacial score (nSPS) is 10.5. The first-order chi connectivity index (χ1) is 5.81. The number of carbonyl (C=O) groups is 1. The van der Waals surface area contributed by atoms with Crippen LogP contribution in [0.5, 0.6) is 0 Å². The Balaban J connectivity index is 3.13. The van der Waals surface area contributed by atoms with E-state index in [0.717, 1.165) is 13.1 Å². The first kappa shape index (κ1) is 11.2. The van der Waals surface area contributed by atoms with Crippen molar-refractivity contribution in [1.82, 2.24) is 10.6 Å². The Hall–Kier alpha value is -0.830. The van der Waals surface area contributed by atoms with Gasteiger partial charge in [0.15, 0.2) is 0 Å². The summed E-state index contributed by atoms with van der Waals surface area (Å²) in [5.41, 5.74) is 0. The van der Waals surface area contributed by atoms with Gasteiger partial charge in [-0.3, -0.25) is 4.79 Å². The molecule has 2 N–H and O–H groups in total. The van der Waals surface area contributed by atoms with Crippen LogP contribution in [0.2, 0.25) is 0 Å². The van der Waals surface area contributed by atoms with Crippen molar-refractivity contribution in [3.63, 3.8) is 0 Å². The number of nitrogens with one attached hydrogen (secondary N) is 2. The van der Waals surface area contributed by atoms with Gasteiger partial charge in [0.25, 0.3) is 0 Å². The van der Waals surface area contributed by atoms with Crippen LogP contribution in [0, 0.1) is 0 Å². The summed E-state index contributed by atoms with van der Waals surface area (Å²) in [4.78, 5) is 10.9. The summed E-state index contributed by atoms with van der Waals surface area (Å²) in [6, 6.07) is 0. The minimum atomic E-state index is 0.116. The molecule has 0 aliphatic carbocycles. The minimum absolute atomic E-state index is 0.116. The van der Waals surface area contributed by atoms with Gasteiger partial charge in [0, 0.05) is 26.1 Å². The summed E-state index contributed by atoms with van der Waals surface area (Å²) in [5.74, 6) is 0.116. The summed E-state index contributed by atoms with van der Waals surface area (Å²) in [6.07, 6.45) is 4.57. The lowest BCUT2D eigenvalue weighted by atomic mass is 10.4. The third-order valence-electron chi connectivity index (χ3n) is 1.40. The average molecular weight is 170 g/mol. The van der Waals surface area contributed by atoms with Crippen LogP contribution >= 0.6 is 0 Å². The number of amides is 1. The number of carbonyl (C=O) groups excluding carboxylic acids is 1.